The molecule has 0 atom stereocenters. The van der Waals surface area contributed by atoms with Crippen LogP contribution in [0.3, 0.4) is 0 Å². The van der Waals surface area contributed by atoms with Crippen LogP contribution in [0, 0.1) is 0 Å². The molecule has 1 aromatic carbocycles. The maximum absolute atomic E-state index is 12.0. The number of hydrogen-bond donors (Lipinski definition) is 1. The molecule has 102 valence electrons. The first-order valence-corrected chi connectivity index (χ1v) is 5.43. The van der Waals surface area contributed by atoms with E-state index in [4.69, 9.17) is 21.1 Å². The normalized spacial score (nSPS) is 11.4. The molecule has 0 spiro atoms. The maximum Gasteiger partial charge on any atom is 0.401 e. The first-order valence-electron chi connectivity index (χ1n) is 5.06. The van der Waals surface area contributed by atoms with Gasteiger partial charge in [-0.15, -0.1) is 0 Å². The summed E-state index contributed by atoms with van der Waals surface area (Å²) in [7, 11) is 2.87. The van der Waals surface area contributed by atoms with Crippen LogP contribution in [0.1, 0.15) is 5.56 Å². The predicted molar refractivity (Wildman–Crippen MR) is 62.3 cm³/mol. The summed E-state index contributed by atoms with van der Waals surface area (Å²) in [5, 5.41) is 2.51. The van der Waals surface area contributed by atoms with Crippen LogP contribution < -0.4 is 14.8 Å². The topological polar surface area (TPSA) is 30.5 Å². The van der Waals surface area contributed by atoms with Gasteiger partial charge in [0.15, 0.2) is 11.5 Å². The van der Waals surface area contributed by atoms with Gasteiger partial charge in [0.1, 0.15) is 0 Å². The number of nitrogens with one attached hydrogen (secondary N) is 1. The van der Waals surface area contributed by atoms with Crippen molar-refractivity contribution in [2.75, 3.05) is 20.8 Å². The van der Waals surface area contributed by atoms with Gasteiger partial charge >= 0.3 is 6.18 Å². The fraction of sp³-hybridized carbons (Fsp3) is 0.455. The second kappa shape index (κ2) is 6.15. The number of alkyl halides is 3. The smallest absolute Gasteiger partial charge is 0.401 e. The highest BCUT2D eigenvalue weighted by molar-refractivity contribution is 6.33. The minimum atomic E-state index is -4.25. The van der Waals surface area contributed by atoms with Gasteiger partial charge in [-0.25, -0.2) is 0 Å². The zero-order valence-electron chi connectivity index (χ0n) is 9.90. The van der Waals surface area contributed by atoms with Gasteiger partial charge in [-0.1, -0.05) is 17.7 Å². The number of benzene rings is 1. The first kappa shape index (κ1) is 14.9. The van der Waals surface area contributed by atoms with Crippen LogP contribution >= 0.6 is 11.6 Å². The highest BCUT2D eigenvalue weighted by atomic mass is 35.5. The second-order valence-corrected chi connectivity index (χ2v) is 3.87. The SMILES string of the molecule is COc1ccc(CNCC(F)(F)F)c(Cl)c1OC. The minimum Gasteiger partial charge on any atom is -0.493 e. The molecule has 0 amide bonds. The molecule has 0 saturated heterocycles. The molecule has 0 radical (unpaired) electrons. The number of hydrogen-bond acceptors (Lipinski definition) is 3. The number of ether oxygens (including phenoxy) is 2. The average molecular weight is 284 g/mol. The Labute approximate surface area is 108 Å². The molecule has 0 unspecified atom stereocenters. The van der Waals surface area contributed by atoms with Crippen LogP contribution in [0.5, 0.6) is 11.5 Å². The Morgan fingerprint density at radius 3 is 2.39 bits per heavy atom. The van der Waals surface area contributed by atoms with E-state index in [9.17, 15) is 13.2 Å². The van der Waals surface area contributed by atoms with Gasteiger partial charge in [-0.05, 0) is 11.6 Å². The molecule has 0 aliphatic rings. The molecule has 1 rings (SSSR count). The Morgan fingerprint density at radius 2 is 1.89 bits per heavy atom. The molecule has 0 heterocycles. The predicted octanol–water partition coefficient (Wildman–Crippen LogP) is 3.01. The van der Waals surface area contributed by atoms with Gasteiger partial charge in [-0.2, -0.15) is 13.2 Å². The van der Waals surface area contributed by atoms with Crippen LogP contribution in [-0.4, -0.2) is 26.9 Å². The Balaban J connectivity index is 2.78. The van der Waals surface area contributed by atoms with Gasteiger partial charge in [0, 0.05) is 6.54 Å². The number of methoxy groups -OCH3 is 2. The summed E-state index contributed by atoms with van der Waals surface area (Å²) < 4.78 is 46.0. The molecule has 0 saturated carbocycles. The largest absolute Gasteiger partial charge is 0.493 e. The molecule has 1 N–H and O–H groups in total. The van der Waals surface area contributed by atoms with Gasteiger partial charge in [-0.3, -0.25) is 0 Å². The standard InChI is InChI=1S/C11H13ClF3NO2/c1-17-8-4-3-7(9(12)10(8)18-2)5-16-6-11(13,14)15/h3-4,16H,5-6H2,1-2H3. The Morgan fingerprint density at radius 1 is 1.22 bits per heavy atom. The van der Waals surface area contributed by atoms with Gasteiger partial charge < -0.3 is 14.8 Å². The van der Waals surface area contributed by atoms with Crippen molar-refractivity contribution in [3.63, 3.8) is 0 Å². The summed E-state index contributed by atoms with van der Waals surface area (Å²) in [5.74, 6) is 0.743. The molecule has 1 aromatic rings. The molecule has 18 heavy (non-hydrogen) atoms. The summed E-state index contributed by atoms with van der Waals surface area (Å²) in [6.45, 7) is -1.07. The van der Waals surface area contributed by atoms with Crippen molar-refractivity contribution in [1.29, 1.82) is 0 Å². The van der Waals surface area contributed by atoms with Crippen molar-refractivity contribution in [2.45, 2.75) is 12.7 Å². The van der Waals surface area contributed by atoms with E-state index in [-0.39, 0.29) is 11.6 Å². The van der Waals surface area contributed by atoms with Crippen LogP contribution in [-0.2, 0) is 6.54 Å². The zero-order valence-corrected chi connectivity index (χ0v) is 10.7. The summed E-state index contributed by atoms with van der Waals surface area (Å²) >= 11 is 6.02. The zero-order chi connectivity index (χ0) is 13.8. The lowest BCUT2D eigenvalue weighted by atomic mass is 10.2. The van der Waals surface area contributed by atoms with Crippen molar-refractivity contribution in [3.8, 4) is 11.5 Å². The fourth-order valence-corrected chi connectivity index (χ4v) is 1.71. The summed E-state index contributed by atoms with van der Waals surface area (Å²) in [4.78, 5) is 0. The Bertz CT molecular complexity index is 410. The number of rotatable bonds is 5. The third kappa shape index (κ3) is 3.96. The molecule has 0 aliphatic carbocycles. The van der Waals surface area contributed by atoms with Crippen molar-refractivity contribution in [1.82, 2.24) is 5.32 Å². The van der Waals surface area contributed by atoms with E-state index in [2.05, 4.69) is 5.32 Å². The molecule has 7 heteroatoms. The summed E-state index contributed by atoms with van der Waals surface area (Å²) in [5.41, 5.74) is 0.513. The van der Waals surface area contributed by atoms with E-state index in [0.717, 1.165) is 0 Å². The lowest BCUT2D eigenvalue weighted by Crippen LogP contribution is -2.28. The van der Waals surface area contributed by atoms with E-state index in [1.807, 2.05) is 0 Å². The number of halogens is 4. The third-order valence-corrected chi connectivity index (χ3v) is 2.62. The van der Waals surface area contributed by atoms with E-state index >= 15 is 0 Å². The second-order valence-electron chi connectivity index (χ2n) is 3.49. The summed E-state index contributed by atoms with van der Waals surface area (Å²) in [6.07, 6.45) is -4.25. The highest BCUT2D eigenvalue weighted by Crippen LogP contribution is 2.37. The molecule has 3 nitrogen and oxygen atoms in total. The Hall–Kier alpha value is -1.14. The van der Waals surface area contributed by atoms with Crippen LogP contribution in [0.15, 0.2) is 12.1 Å². The van der Waals surface area contributed by atoms with Gasteiger partial charge in [0.2, 0.25) is 0 Å². The van der Waals surface area contributed by atoms with Crippen LogP contribution in [0.4, 0.5) is 13.2 Å². The summed E-state index contributed by atoms with van der Waals surface area (Å²) in [6, 6.07) is 3.18. The average Bonchev–Trinajstić information content (AvgIpc) is 2.29. The van der Waals surface area contributed by atoms with Crippen LogP contribution in [0.25, 0.3) is 0 Å². The molecule has 0 aromatic heterocycles. The highest BCUT2D eigenvalue weighted by Gasteiger charge is 2.26. The van der Waals surface area contributed by atoms with E-state index in [0.29, 0.717) is 17.1 Å². The quantitative estimate of drug-likeness (QED) is 0.901. The maximum atomic E-state index is 12.0. The fourth-order valence-electron chi connectivity index (χ4n) is 1.41. The monoisotopic (exact) mass is 283 g/mol. The molecular weight excluding hydrogens is 271 g/mol. The van der Waals surface area contributed by atoms with Crippen molar-refractivity contribution >= 4 is 11.6 Å². The van der Waals surface area contributed by atoms with Gasteiger partial charge in [0.05, 0.1) is 25.8 Å². The molecular formula is C11H13ClF3NO2. The van der Waals surface area contributed by atoms with Crippen molar-refractivity contribution < 1.29 is 22.6 Å². The van der Waals surface area contributed by atoms with E-state index in [1.54, 1.807) is 12.1 Å². The van der Waals surface area contributed by atoms with Crippen molar-refractivity contribution in [3.05, 3.63) is 22.7 Å². The van der Waals surface area contributed by atoms with Crippen LogP contribution in [0.2, 0.25) is 5.02 Å². The van der Waals surface area contributed by atoms with Crippen molar-refractivity contribution in [2.24, 2.45) is 0 Å². The van der Waals surface area contributed by atoms with E-state index < -0.39 is 12.7 Å². The first-order chi connectivity index (χ1) is 8.39. The van der Waals surface area contributed by atoms with Gasteiger partial charge in [0.25, 0.3) is 0 Å². The molecule has 0 fully saturated rings. The van der Waals surface area contributed by atoms with E-state index in [1.165, 1.54) is 14.2 Å². The Kier molecular flexibility index (Phi) is 5.10. The lowest BCUT2D eigenvalue weighted by molar-refractivity contribution is -0.125. The lowest BCUT2D eigenvalue weighted by Gasteiger charge is -2.14. The molecule has 0 bridgehead atoms. The minimum absolute atomic E-state index is 0.00129. The third-order valence-electron chi connectivity index (χ3n) is 2.21. The molecule has 0 aliphatic heterocycles.